The number of amides is 2. The van der Waals surface area contributed by atoms with Crippen LogP contribution in [0.4, 0.5) is 5.69 Å². The quantitative estimate of drug-likeness (QED) is 0.203. The Morgan fingerprint density at radius 3 is 2.38 bits per heavy atom. The van der Waals surface area contributed by atoms with Gasteiger partial charge in [-0.25, -0.2) is 14.7 Å². The Bertz CT molecular complexity index is 1560. The van der Waals surface area contributed by atoms with Crippen molar-refractivity contribution in [2.45, 2.75) is 55.2 Å². The van der Waals surface area contributed by atoms with Crippen LogP contribution < -0.4 is 9.64 Å². The second-order valence-corrected chi connectivity index (χ2v) is 11.3. The van der Waals surface area contributed by atoms with Crippen molar-refractivity contribution in [3.8, 4) is 11.8 Å². The molecule has 1 aliphatic heterocycles. The van der Waals surface area contributed by atoms with Crippen LogP contribution >= 0.6 is 11.8 Å². The highest BCUT2D eigenvalue weighted by Crippen LogP contribution is 2.36. The molecule has 1 aromatic heterocycles. The van der Waals surface area contributed by atoms with Crippen LogP contribution in [0.5, 0.6) is 5.75 Å². The van der Waals surface area contributed by atoms with Crippen molar-refractivity contribution >= 4 is 41.0 Å². The molecule has 0 radical (unpaired) electrons. The first-order valence-corrected chi connectivity index (χ1v) is 14.7. The Morgan fingerprint density at radius 1 is 1.00 bits per heavy atom. The average molecular weight is 584 g/mol. The lowest BCUT2D eigenvalue weighted by Crippen LogP contribution is -2.31. The zero-order valence-corrected chi connectivity index (χ0v) is 23.9. The lowest BCUT2D eigenvalue weighted by atomic mass is 9.96. The molecule has 9 nitrogen and oxygen atoms in total. The molecule has 1 unspecified atom stereocenters. The summed E-state index contributed by atoms with van der Waals surface area (Å²) in [6, 6.07) is 16.4. The lowest BCUT2D eigenvalue weighted by molar-refractivity contribution is -0.121. The van der Waals surface area contributed by atoms with Gasteiger partial charge in [-0.3, -0.25) is 14.4 Å². The monoisotopic (exact) mass is 583 g/mol. The van der Waals surface area contributed by atoms with E-state index in [2.05, 4.69) is 6.07 Å². The topological polar surface area (TPSA) is 127 Å². The number of methoxy groups -OCH3 is 1. The molecule has 1 atom stereocenters. The van der Waals surface area contributed by atoms with Gasteiger partial charge < -0.3 is 9.47 Å². The summed E-state index contributed by atoms with van der Waals surface area (Å²) in [6.07, 6.45) is 6.11. The molecule has 214 valence electrons. The molecule has 1 saturated heterocycles. The van der Waals surface area contributed by atoms with Crippen molar-refractivity contribution in [1.29, 1.82) is 5.26 Å². The maximum atomic E-state index is 13.3. The SMILES string of the molecule is COc1ccc(C(=O)COC(=O)c2ccc(N3C(=O)CC(Sc4nc5c(cc4C#N)CCCCCC5)C3=O)cc2)cc1. The van der Waals surface area contributed by atoms with Gasteiger partial charge in [-0.1, -0.05) is 24.6 Å². The van der Waals surface area contributed by atoms with E-state index < -0.39 is 23.7 Å². The van der Waals surface area contributed by atoms with Gasteiger partial charge in [0.2, 0.25) is 11.8 Å². The molecule has 2 aromatic carbocycles. The smallest absolute Gasteiger partial charge is 0.338 e. The van der Waals surface area contributed by atoms with Crippen LogP contribution in [-0.2, 0) is 27.2 Å². The minimum absolute atomic E-state index is 0.0234. The number of thioether (sulfide) groups is 1. The van der Waals surface area contributed by atoms with E-state index in [9.17, 15) is 24.4 Å². The maximum Gasteiger partial charge on any atom is 0.338 e. The van der Waals surface area contributed by atoms with Crippen molar-refractivity contribution in [2.24, 2.45) is 0 Å². The minimum Gasteiger partial charge on any atom is -0.497 e. The van der Waals surface area contributed by atoms with E-state index in [1.165, 1.54) is 37.8 Å². The van der Waals surface area contributed by atoms with Crippen LogP contribution in [0.25, 0.3) is 0 Å². The fraction of sp³-hybridized carbons (Fsp3) is 0.312. The average Bonchev–Trinajstić information content (AvgIpc) is 3.28. The Morgan fingerprint density at radius 2 is 1.69 bits per heavy atom. The summed E-state index contributed by atoms with van der Waals surface area (Å²) in [5.41, 5.74) is 3.37. The number of nitriles is 1. The lowest BCUT2D eigenvalue weighted by Gasteiger charge is -2.17. The summed E-state index contributed by atoms with van der Waals surface area (Å²) < 4.78 is 10.2. The van der Waals surface area contributed by atoms with Gasteiger partial charge in [-0.05, 0) is 85.8 Å². The molecule has 0 spiro atoms. The van der Waals surface area contributed by atoms with Crippen LogP contribution in [-0.4, -0.2) is 47.5 Å². The number of nitrogens with zero attached hydrogens (tertiary/aromatic N) is 3. The number of benzene rings is 2. The van der Waals surface area contributed by atoms with Crippen molar-refractivity contribution in [3.63, 3.8) is 0 Å². The largest absolute Gasteiger partial charge is 0.497 e. The van der Waals surface area contributed by atoms with E-state index >= 15 is 0 Å². The number of anilines is 1. The van der Waals surface area contributed by atoms with Crippen LogP contribution in [0.3, 0.4) is 0 Å². The van der Waals surface area contributed by atoms with Crippen LogP contribution in [0, 0.1) is 11.3 Å². The third-order valence-corrected chi connectivity index (χ3v) is 8.54. The zero-order valence-electron chi connectivity index (χ0n) is 23.1. The molecular formula is C32H29N3O6S. The Labute approximate surface area is 247 Å². The number of ketones is 1. The van der Waals surface area contributed by atoms with Crippen molar-refractivity contribution in [2.75, 3.05) is 18.6 Å². The molecule has 3 aromatic rings. The molecule has 0 bridgehead atoms. The molecule has 5 rings (SSSR count). The third kappa shape index (κ3) is 6.37. The van der Waals surface area contributed by atoms with Gasteiger partial charge in [0.15, 0.2) is 12.4 Å². The van der Waals surface area contributed by atoms with Gasteiger partial charge in [-0.15, -0.1) is 0 Å². The molecular weight excluding hydrogens is 554 g/mol. The summed E-state index contributed by atoms with van der Waals surface area (Å²) in [6.45, 7) is -0.434. The Kier molecular flexibility index (Phi) is 8.98. The molecule has 2 aliphatic rings. The van der Waals surface area contributed by atoms with Crippen molar-refractivity contribution in [3.05, 3.63) is 82.5 Å². The maximum absolute atomic E-state index is 13.3. The molecule has 10 heteroatoms. The number of esters is 1. The highest BCUT2D eigenvalue weighted by molar-refractivity contribution is 8.00. The molecule has 42 heavy (non-hydrogen) atoms. The Hall–Kier alpha value is -4.49. The second-order valence-electron chi connectivity index (χ2n) is 10.1. The molecule has 0 saturated carbocycles. The number of rotatable bonds is 8. The van der Waals surface area contributed by atoms with Gasteiger partial charge in [0.05, 0.1) is 29.2 Å². The normalized spacial score (nSPS) is 16.7. The molecule has 2 heterocycles. The number of fused-ring (bicyclic) bond motifs is 1. The number of pyridine rings is 1. The predicted molar refractivity (Wildman–Crippen MR) is 156 cm³/mol. The first-order valence-electron chi connectivity index (χ1n) is 13.8. The van der Waals surface area contributed by atoms with Gasteiger partial charge >= 0.3 is 5.97 Å². The van der Waals surface area contributed by atoms with Gasteiger partial charge in [-0.2, -0.15) is 5.26 Å². The number of Topliss-reactive ketones (excluding diaryl/α,β-unsaturated/α-hetero) is 1. The van der Waals surface area contributed by atoms with Crippen molar-refractivity contribution < 1.29 is 28.7 Å². The second kappa shape index (κ2) is 13.0. The number of carbonyl (C=O) groups excluding carboxylic acids is 4. The fourth-order valence-electron chi connectivity index (χ4n) is 5.06. The number of ether oxygens (including phenoxy) is 2. The van der Waals surface area contributed by atoms with Gasteiger partial charge in [0.25, 0.3) is 0 Å². The Balaban J connectivity index is 1.23. The number of imide groups is 1. The highest BCUT2D eigenvalue weighted by atomic mass is 32.2. The minimum atomic E-state index is -0.711. The zero-order chi connectivity index (χ0) is 29.6. The number of hydrogen-bond donors (Lipinski definition) is 0. The number of aromatic nitrogens is 1. The summed E-state index contributed by atoms with van der Waals surface area (Å²) >= 11 is 1.16. The third-order valence-electron chi connectivity index (χ3n) is 7.35. The molecule has 0 N–H and O–H groups in total. The summed E-state index contributed by atoms with van der Waals surface area (Å²) in [5, 5.41) is 9.53. The molecule has 1 fully saturated rings. The van der Waals surface area contributed by atoms with E-state index in [0.717, 1.165) is 60.0 Å². The van der Waals surface area contributed by atoms with E-state index in [1.807, 2.05) is 6.07 Å². The summed E-state index contributed by atoms with van der Waals surface area (Å²) in [5.74, 6) is -1.23. The van der Waals surface area contributed by atoms with E-state index in [-0.39, 0.29) is 23.7 Å². The molecule has 1 aliphatic carbocycles. The first-order chi connectivity index (χ1) is 20.4. The van der Waals surface area contributed by atoms with E-state index in [1.54, 1.807) is 24.3 Å². The van der Waals surface area contributed by atoms with Crippen molar-refractivity contribution in [1.82, 2.24) is 4.98 Å². The standard InChI is InChI=1S/C32H29N3O6S/c1-40-25-14-10-20(11-15-25)27(36)19-41-32(39)21-8-12-24(13-9-21)35-29(37)17-28(31(35)38)42-30-23(18-33)16-22-6-4-2-3-5-7-26(22)34-30/h8-16,28H,2-7,17,19H2,1H3. The number of hydrogen-bond acceptors (Lipinski definition) is 9. The molecule has 2 amide bonds. The number of carbonyl (C=O) groups is 4. The van der Waals surface area contributed by atoms with Gasteiger partial charge in [0, 0.05) is 17.7 Å². The highest BCUT2D eigenvalue weighted by Gasteiger charge is 2.41. The van der Waals surface area contributed by atoms with E-state index in [4.69, 9.17) is 14.5 Å². The van der Waals surface area contributed by atoms with Gasteiger partial charge in [0.1, 0.15) is 16.8 Å². The predicted octanol–water partition coefficient (Wildman–Crippen LogP) is 5.08. The fourth-order valence-corrected chi connectivity index (χ4v) is 6.16. The summed E-state index contributed by atoms with van der Waals surface area (Å²) in [4.78, 5) is 57.0. The van der Waals surface area contributed by atoms with Crippen LogP contribution in [0.2, 0.25) is 0 Å². The van der Waals surface area contributed by atoms with Crippen LogP contribution in [0.15, 0.2) is 59.6 Å². The van der Waals surface area contributed by atoms with E-state index in [0.29, 0.717) is 27.6 Å². The first kappa shape index (κ1) is 29.0. The number of aryl methyl sites for hydroxylation is 2. The summed E-state index contributed by atoms with van der Waals surface area (Å²) in [7, 11) is 1.53. The van der Waals surface area contributed by atoms with Crippen LogP contribution in [0.1, 0.15) is 69.6 Å².